The van der Waals surface area contributed by atoms with Gasteiger partial charge >= 0.3 is 0 Å². The summed E-state index contributed by atoms with van der Waals surface area (Å²) < 4.78 is 0. The normalized spacial score (nSPS) is 12.5. The number of hydrogen-bond acceptors (Lipinski definition) is 2. The van der Waals surface area contributed by atoms with Crippen LogP contribution in [0.2, 0.25) is 0 Å². The molecule has 0 aliphatic carbocycles. The lowest BCUT2D eigenvalue weighted by molar-refractivity contribution is 0.460. The first-order valence-corrected chi connectivity index (χ1v) is 4.40. The van der Waals surface area contributed by atoms with Crippen molar-refractivity contribution in [3.63, 3.8) is 0 Å². The predicted octanol–water partition coefficient (Wildman–Crippen LogP) is 2.45. The molecule has 13 heavy (non-hydrogen) atoms. The third kappa shape index (κ3) is 2.10. The summed E-state index contributed by atoms with van der Waals surface area (Å²) in [4.78, 5) is 0. The van der Waals surface area contributed by atoms with Crippen LogP contribution in [0, 0.1) is 0 Å². The Labute approximate surface area is 78.7 Å². The van der Waals surface area contributed by atoms with Crippen molar-refractivity contribution in [2.24, 2.45) is 5.73 Å². The maximum atomic E-state index is 9.52. The van der Waals surface area contributed by atoms with Crippen LogP contribution in [-0.2, 0) is 0 Å². The van der Waals surface area contributed by atoms with Crippen molar-refractivity contribution in [1.82, 2.24) is 0 Å². The lowest BCUT2D eigenvalue weighted by Gasteiger charge is -2.11. The van der Waals surface area contributed by atoms with E-state index in [1.165, 1.54) is 0 Å². The van der Waals surface area contributed by atoms with Crippen LogP contribution in [-0.4, -0.2) is 5.11 Å². The van der Waals surface area contributed by atoms with Crippen LogP contribution in [0.5, 0.6) is 5.75 Å². The monoisotopic (exact) mass is 177 g/mol. The molecule has 0 unspecified atom stereocenters. The number of phenolic OH excluding ortho intramolecular Hbond substituents is 1. The van der Waals surface area contributed by atoms with Crippen LogP contribution in [0.4, 0.5) is 0 Å². The van der Waals surface area contributed by atoms with Gasteiger partial charge < -0.3 is 10.8 Å². The first-order valence-electron chi connectivity index (χ1n) is 4.40. The largest absolute Gasteiger partial charge is 0.508 e. The van der Waals surface area contributed by atoms with E-state index in [2.05, 4.69) is 6.58 Å². The first kappa shape index (κ1) is 9.81. The number of rotatable bonds is 3. The molecule has 0 aliphatic rings. The lowest BCUT2D eigenvalue weighted by atomic mass is 10.0. The van der Waals surface area contributed by atoms with Crippen molar-refractivity contribution in [2.75, 3.05) is 0 Å². The van der Waals surface area contributed by atoms with Gasteiger partial charge in [-0.3, -0.25) is 0 Å². The zero-order valence-electron chi connectivity index (χ0n) is 7.83. The molecule has 0 aromatic heterocycles. The van der Waals surface area contributed by atoms with Crippen molar-refractivity contribution < 1.29 is 5.11 Å². The van der Waals surface area contributed by atoms with Crippen molar-refractivity contribution in [2.45, 2.75) is 19.4 Å². The predicted molar refractivity (Wildman–Crippen MR) is 55.4 cm³/mol. The second-order valence-electron chi connectivity index (χ2n) is 3.04. The zero-order chi connectivity index (χ0) is 9.84. The number of benzene rings is 1. The molecule has 70 valence electrons. The van der Waals surface area contributed by atoms with E-state index in [-0.39, 0.29) is 11.8 Å². The summed E-state index contributed by atoms with van der Waals surface area (Å²) in [5.41, 5.74) is 7.60. The highest BCUT2D eigenvalue weighted by atomic mass is 16.3. The van der Waals surface area contributed by atoms with Gasteiger partial charge in [-0.1, -0.05) is 25.6 Å². The number of hydrogen-bond donors (Lipinski definition) is 2. The Balaban J connectivity index is 3.10. The topological polar surface area (TPSA) is 46.2 Å². The Bertz CT molecular complexity index is 307. The Hall–Kier alpha value is -1.28. The summed E-state index contributed by atoms with van der Waals surface area (Å²) in [5.74, 6) is 0.264. The average molecular weight is 177 g/mol. The van der Waals surface area contributed by atoms with Gasteiger partial charge in [-0.05, 0) is 24.1 Å². The molecular formula is C11H15NO. The van der Waals surface area contributed by atoms with Gasteiger partial charge in [0.25, 0.3) is 0 Å². The van der Waals surface area contributed by atoms with Gasteiger partial charge in [0.2, 0.25) is 0 Å². The van der Waals surface area contributed by atoms with Crippen LogP contribution in [0.1, 0.15) is 30.5 Å². The maximum absolute atomic E-state index is 9.52. The highest BCUT2D eigenvalue weighted by Crippen LogP contribution is 2.25. The van der Waals surface area contributed by atoms with Gasteiger partial charge in [-0.2, -0.15) is 0 Å². The minimum Gasteiger partial charge on any atom is -0.508 e. The molecule has 0 heterocycles. The van der Waals surface area contributed by atoms with E-state index in [1.807, 2.05) is 19.1 Å². The molecule has 3 N–H and O–H groups in total. The molecule has 2 heteroatoms. The van der Waals surface area contributed by atoms with Crippen LogP contribution < -0.4 is 5.73 Å². The van der Waals surface area contributed by atoms with E-state index < -0.39 is 0 Å². The molecule has 1 aromatic rings. The van der Waals surface area contributed by atoms with E-state index >= 15 is 0 Å². The number of aromatic hydroxyl groups is 1. The minimum atomic E-state index is -0.0973. The van der Waals surface area contributed by atoms with Gasteiger partial charge in [0.05, 0.1) is 0 Å². The summed E-state index contributed by atoms with van der Waals surface area (Å²) >= 11 is 0. The number of nitrogens with two attached hydrogens (primary N) is 1. The van der Waals surface area contributed by atoms with E-state index in [4.69, 9.17) is 5.73 Å². The summed E-state index contributed by atoms with van der Waals surface area (Å²) in [5, 5.41) is 9.52. The Kier molecular flexibility index (Phi) is 3.09. The molecule has 0 amide bonds. The smallest absolute Gasteiger partial charge is 0.120 e. The minimum absolute atomic E-state index is 0.0973. The molecule has 1 aromatic carbocycles. The standard InChI is InChI=1S/C11H15NO/c1-3-8-5-6-11(13)9(7-8)10(12)4-2/h3,5-7,10,13H,1,4,12H2,2H3/t10-/m1/s1. The van der Waals surface area contributed by atoms with Crippen molar-refractivity contribution >= 4 is 6.08 Å². The van der Waals surface area contributed by atoms with Gasteiger partial charge in [0.15, 0.2) is 0 Å². The highest BCUT2D eigenvalue weighted by molar-refractivity contribution is 5.52. The van der Waals surface area contributed by atoms with Gasteiger partial charge in [-0.15, -0.1) is 0 Å². The van der Waals surface area contributed by atoms with Crippen molar-refractivity contribution in [3.8, 4) is 5.75 Å². The average Bonchev–Trinajstić information content (AvgIpc) is 2.17. The van der Waals surface area contributed by atoms with Crippen LogP contribution in [0.3, 0.4) is 0 Å². The molecule has 1 rings (SSSR count). The third-order valence-corrected chi connectivity index (χ3v) is 2.13. The second kappa shape index (κ2) is 4.10. The second-order valence-corrected chi connectivity index (χ2v) is 3.04. The summed E-state index contributed by atoms with van der Waals surface area (Å²) in [6, 6.07) is 5.24. The maximum Gasteiger partial charge on any atom is 0.120 e. The molecule has 0 bridgehead atoms. The molecule has 0 aliphatic heterocycles. The fraction of sp³-hybridized carbons (Fsp3) is 0.273. The van der Waals surface area contributed by atoms with Gasteiger partial charge in [0.1, 0.15) is 5.75 Å². The summed E-state index contributed by atoms with van der Waals surface area (Å²) in [6.45, 7) is 5.66. The molecule has 0 saturated heterocycles. The molecule has 0 fully saturated rings. The van der Waals surface area contributed by atoms with Crippen LogP contribution >= 0.6 is 0 Å². The summed E-state index contributed by atoms with van der Waals surface area (Å²) in [6.07, 6.45) is 2.56. The third-order valence-electron chi connectivity index (χ3n) is 2.13. The molecule has 0 radical (unpaired) electrons. The van der Waals surface area contributed by atoms with E-state index in [9.17, 15) is 5.11 Å². The fourth-order valence-corrected chi connectivity index (χ4v) is 1.22. The first-order chi connectivity index (χ1) is 6.19. The Morgan fingerprint density at radius 2 is 2.31 bits per heavy atom. The molecular weight excluding hydrogens is 162 g/mol. The quantitative estimate of drug-likeness (QED) is 0.745. The zero-order valence-corrected chi connectivity index (χ0v) is 7.83. The van der Waals surface area contributed by atoms with Crippen LogP contribution in [0.25, 0.3) is 6.08 Å². The highest BCUT2D eigenvalue weighted by Gasteiger charge is 2.08. The number of phenols is 1. The lowest BCUT2D eigenvalue weighted by Crippen LogP contribution is -2.08. The Morgan fingerprint density at radius 3 is 2.85 bits per heavy atom. The van der Waals surface area contributed by atoms with Crippen molar-refractivity contribution in [3.05, 3.63) is 35.9 Å². The molecule has 0 saturated carbocycles. The van der Waals surface area contributed by atoms with Crippen molar-refractivity contribution in [1.29, 1.82) is 0 Å². The van der Waals surface area contributed by atoms with Gasteiger partial charge in [-0.25, -0.2) is 0 Å². The van der Waals surface area contributed by atoms with E-state index in [0.717, 1.165) is 17.5 Å². The molecule has 2 nitrogen and oxygen atoms in total. The molecule has 0 spiro atoms. The summed E-state index contributed by atoms with van der Waals surface area (Å²) in [7, 11) is 0. The molecule has 1 atom stereocenters. The fourth-order valence-electron chi connectivity index (χ4n) is 1.22. The Morgan fingerprint density at radius 1 is 1.62 bits per heavy atom. The SMILES string of the molecule is C=Cc1ccc(O)c([C@H](N)CC)c1. The van der Waals surface area contributed by atoms with E-state index in [1.54, 1.807) is 12.1 Å². The van der Waals surface area contributed by atoms with E-state index in [0.29, 0.717) is 0 Å². The van der Waals surface area contributed by atoms with Crippen LogP contribution in [0.15, 0.2) is 24.8 Å². The van der Waals surface area contributed by atoms with Gasteiger partial charge in [0, 0.05) is 11.6 Å².